The summed E-state index contributed by atoms with van der Waals surface area (Å²) in [6, 6.07) is 8.96. The van der Waals surface area contributed by atoms with Crippen molar-refractivity contribution in [1.29, 1.82) is 5.26 Å². The fraction of sp³-hybridized carbons (Fsp3) is 0.280. The zero-order valence-electron chi connectivity index (χ0n) is 19.8. The molecule has 3 amide bonds. The van der Waals surface area contributed by atoms with Crippen molar-refractivity contribution in [3.63, 3.8) is 0 Å². The van der Waals surface area contributed by atoms with Gasteiger partial charge < -0.3 is 9.80 Å². The van der Waals surface area contributed by atoms with E-state index in [4.69, 9.17) is 0 Å². The highest BCUT2D eigenvalue weighted by Crippen LogP contribution is 2.41. The molecule has 1 unspecified atom stereocenters. The Morgan fingerprint density at radius 2 is 1.77 bits per heavy atom. The minimum atomic E-state index is -4.62. The standard InChI is InChI=1S/C25H23F3N4O3/c1-14-21(15(2)33)22(19-10-9-16(13-29)11-20(19)23(34)30(3)4)31(5)24(35)32(14)18-8-6-7-17(12-18)25(26,27)28/h6-12,22H,1-5H3. The number of hydrogen-bond acceptors (Lipinski definition) is 4. The Labute approximate surface area is 200 Å². The Morgan fingerprint density at radius 3 is 2.31 bits per heavy atom. The largest absolute Gasteiger partial charge is 0.416 e. The predicted molar refractivity (Wildman–Crippen MR) is 122 cm³/mol. The van der Waals surface area contributed by atoms with E-state index in [0.717, 1.165) is 17.0 Å². The van der Waals surface area contributed by atoms with Crippen LogP contribution in [0.3, 0.4) is 0 Å². The highest BCUT2D eigenvalue weighted by Gasteiger charge is 2.41. The molecule has 2 aromatic rings. The lowest BCUT2D eigenvalue weighted by molar-refractivity contribution is -0.137. The van der Waals surface area contributed by atoms with E-state index in [9.17, 15) is 32.8 Å². The van der Waals surface area contributed by atoms with Gasteiger partial charge in [-0.2, -0.15) is 18.4 Å². The van der Waals surface area contributed by atoms with Gasteiger partial charge in [0.2, 0.25) is 0 Å². The van der Waals surface area contributed by atoms with Crippen molar-refractivity contribution >= 4 is 23.4 Å². The second-order valence-corrected chi connectivity index (χ2v) is 8.35. The van der Waals surface area contributed by atoms with Crippen molar-refractivity contribution in [2.45, 2.75) is 26.1 Å². The highest BCUT2D eigenvalue weighted by atomic mass is 19.4. The number of rotatable bonds is 4. The first-order chi connectivity index (χ1) is 16.3. The van der Waals surface area contributed by atoms with E-state index in [-0.39, 0.29) is 28.1 Å². The van der Waals surface area contributed by atoms with Gasteiger partial charge in [-0.3, -0.25) is 14.5 Å². The van der Waals surface area contributed by atoms with Crippen molar-refractivity contribution < 1.29 is 27.6 Å². The van der Waals surface area contributed by atoms with Crippen LogP contribution in [0.1, 0.15) is 46.9 Å². The van der Waals surface area contributed by atoms with Crippen molar-refractivity contribution in [2.24, 2.45) is 0 Å². The minimum Gasteiger partial charge on any atom is -0.345 e. The molecule has 3 rings (SSSR count). The van der Waals surface area contributed by atoms with Crippen LogP contribution in [-0.4, -0.2) is 48.7 Å². The van der Waals surface area contributed by atoms with Crippen LogP contribution in [0.2, 0.25) is 0 Å². The normalized spacial score (nSPS) is 16.3. The number of likely N-dealkylation sites (N-methyl/N-ethyl adjacent to an activating group) is 1. The highest BCUT2D eigenvalue weighted by molar-refractivity contribution is 6.06. The topological polar surface area (TPSA) is 84.7 Å². The maximum atomic E-state index is 13.5. The smallest absolute Gasteiger partial charge is 0.345 e. The number of Topliss-reactive ketones (excluding diaryl/α,β-unsaturated/α-hetero) is 1. The van der Waals surface area contributed by atoms with Crippen LogP contribution in [0.15, 0.2) is 53.7 Å². The van der Waals surface area contributed by atoms with Crippen molar-refractivity contribution in [3.8, 4) is 6.07 Å². The molecule has 0 aliphatic carbocycles. The number of nitrogens with zero attached hydrogens (tertiary/aromatic N) is 4. The summed E-state index contributed by atoms with van der Waals surface area (Å²) < 4.78 is 39.9. The molecule has 35 heavy (non-hydrogen) atoms. The Kier molecular flexibility index (Phi) is 6.74. The SMILES string of the molecule is CC(=O)C1=C(C)N(c2cccc(C(F)(F)F)c2)C(=O)N(C)C1c1ccc(C#N)cc1C(=O)N(C)C. The molecule has 0 spiro atoms. The van der Waals surface area contributed by atoms with E-state index in [1.165, 1.54) is 75.1 Å². The van der Waals surface area contributed by atoms with Gasteiger partial charge in [-0.05, 0) is 49.7 Å². The molecule has 0 fully saturated rings. The third kappa shape index (κ3) is 4.62. The molecule has 0 saturated heterocycles. The van der Waals surface area contributed by atoms with Crippen LogP contribution in [0.4, 0.5) is 23.7 Å². The monoisotopic (exact) mass is 484 g/mol. The molecule has 10 heteroatoms. The first-order valence-electron chi connectivity index (χ1n) is 10.5. The van der Waals surface area contributed by atoms with Crippen LogP contribution >= 0.6 is 0 Å². The van der Waals surface area contributed by atoms with Gasteiger partial charge in [0.15, 0.2) is 5.78 Å². The summed E-state index contributed by atoms with van der Waals surface area (Å²) in [4.78, 5) is 42.8. The fourth-order valence-corrected chi connectivity index (χ4v) is 4.15. The Morgan fingerprint density at radius 1 is 1.11 bits per heavy atom. The number of hydrogen-bond donors (Lipinski definition) is 0. The fourth-order valence-electron chi connectivity index (χ4n) is 4.15. The van der Waals surface area contributed by atoms with E-state index in [0.29, 0.717) is 5.56 Å². The minimum absolute atomic E-state index is 0.0456. The predicted octanol–water partition coefficient (Wildman–Crippen LogP) is 4.75. The van der Waals surface area contributed by atoms with Gasteiger partial charge in [-0.25, -0.2) is 4.79 Å². The lowest BCUT2D eigenvalue weighted by Crippen LogP contribution is -2.49. The number of halogens is 3. The zero-order valence-corrected chi connectivity index (χ0v) is 19.8. The van der Waals surface area contributed by atoms with Gasteiger partial charge in [0, 0.05) is 38.0 Å². The molecule has 1 aliphatic heterocycles. The molecule has 0 N–H and O–H groups in total. The Hall–Kier alpha value is -4.13. The second-order valence-electron chi connectivity index (χ2n) is 8.35. The van der Waals surface area contributed by atoms with E-state index >= 15 is 0 Å². The number of alkyl halides is 3. The molecular formula is C25H23F3N4O3. The zero-order chi connectivity index (χ0) is 26.2. The molecule has 1 aliphatic rings. The number of urea groups is 1. The van der Waals surface area contributed by atoms with Gasteiger partial charge >= 0.3 is 12.2 Å². The molecule has 0 aromatic heterocycles. The summed E-state index contributed by atoms with van der Waals surface area (Å²) in [5, 5.41) is 9.31. The summed E-state index contributed by atoms with van der Waals surface area (Å²) in [5.41, 5.74) is -0.00460. The van der Waals surface area contributed by atoms with Crippen molar-refractivity contribution in [3.05, 3.63) is 76.0 Å². The number of amides is 3. The molecule has 1 atom stereocenters. The number of carbonyl (C=O) groups is 3. The summed E-state index contributed by atoms with van der Waals surface area (Å²) in [7, 11) is 4.47. The summed E-state index contributed by atoms with van der Waals surface area (Å²) >= 11 is 0. The third-order valence-corrected chi connectivity index (χ3v) is 5.80. The number of carbonyl (C=O) groups excluding carboxylic acids is 3. The maximum Gasteiger partial charge on any atom is 0.416 e. The molecule has 1 heterocycles. The third-order valence-electron chi connectivity index (χ3n) is 5.80. The Balaban J connectivity index is 2.27. The van der Waals surface area contributed by atoms with Gasteiger partial charge in [0.1, 0.15) is 0 Å². The summed E-state index contributed by atoms with van der Waals surface area (Å²) in [5.74, 6) is -0.852. The van der Waals surface area contributed by atoms with Crippen LogP contribution < -0.4 is 4.90 Å². The summed E-state index contributed by atoms with van der Waals surface area (Å²) in [6.45, 7) is 2.77. The average molecular weight is 484 g/mol. The molecule has 0 radical (unpaired) electrons. The van der Waals surface area contributed by atoms with Gasteiger partial charge in [0.25, 0.3) is 5.91 Å². The molecule has 2 aromatic carbocycles. The van der Waals surface area contributed by atoms with Crippen LogP contribution in [-0.2, 0) is 11.0 Å². The number of anilines is 1. The second kappa shape index (κ2) is 9.25. The molecule has 182 valence electrons. The van der Waals surface area contributed by atoms with E-state index in [1.54, 1.807) is 0 Å². The maximum absolute atomic E-state index is 13.5. The average Bonchev–Trinajstić information content (AvgIpc) is 2.79. The van der Waals surface area contributed by atoms with Crippen LogP contribution in [0.5, 0.6) is 0 Å². The van der Waals surface area contributed by atoms with E-state index in [2.05, 4.69) is 0 Å². The van der Waals surface area contributed by atoms with E-state index in [1.807, 2.05) is 6.07 Å². The Bertz CT molecular complexity index is 1290. The number of benzene rings is 2. The molecule has 0 bridgehead atoms. The van der Waals surface area contributed by atoms with Gasteiger partial charge in [0.05, 0.1) is 28.9 Å². The first-order valence-corrected chi connectivity index (χ1v) is 10.5. The van der Waals surface area contributed by atoms with Crippen molar-refractivity contribution in [2.75, 3.05) is 26.0 Å². The first kappa shape index (κ1) is 25.5. The molecule has 7 nitrogen and oxygen atoms in total. The number of nitriles is 1. The lowest BCUT2D eigenvalue weighted by Gasteiger charge is -2.41. The number of allylic oxidation sites excluding steroid dienone is 1. The molecule has 0 saturated carbocycles. The van der Waals surface area contributed by atoms with Crippen molar-refractivity contribution in [1.82, 2.24) is 9.80 Å². The summed E-state index contributed by atoms with van der Waals surface area (Å²) in [6.07, 6.45) is -4.62. The molecular weight excluding hydrogens is 461 g/mol. The van der Waals surface area contributed by atoms with Gasteiger partial charge in [-0.1, -0.05) is 12.1 Å². The van der Waals surface area contributed by atoms with Gasteiger partial charge in [-0.15, -0.1) is 0 Å². The van der Waals surface area contributed by atoms with Crippen LogP contribution in [0, 0.1) is 11.3 Å². The lowest BCUT2D eigenvalue weighted by atomic mass is 9.87. The van der Waals surface area contributed by atoms with Crippen LogP contribution in [0.25, 0.3) is 0 Å². The number of ketones is 1. The quantitative estimate of drug-likeness (QED) is 0.627. The van der Waals surface area contributed by atoms with E-state index < -0.39 is 35.5 Å².